The number of hydrogen-bond donors (Lipinski definition) is 0. The summed E-state index contributed by atoms with van der Waals surface area (Å²) in [5.74, 6) is 1.85. The molecule has 0 unspecified atom stereocenters. The van der Waals surface area contributed by atoms with E-state index in [1.807, 2.05) is 48.5 Å². The maximum absolute atomic E-state index is 8.66. The van der Waals surface area contributed by atoms with Gasteiger partial charge in [-0.25, -0.2) is 4.98 Å². The lowest BCUT2D eigenvalue weighted by Gasteiger charge is -2.28. The Morgan fingerprint density at radius 2 is 1.05 bits per heavy atom. The molecule has 362 valence electrons. The summed E-state index contributed by atoms with van der Waals surface area (Å²) < 4.78 is 34.9. The lowest BCUT2D eigenvalue weighted by Crippen LogP contribution is -2.25. The largest absolute Gasteiger partial charge is 0.457 e. The molecule has 0 atom stereocenters. The van der Waals surface area contributed by atoms with Crippen molar-refractivity contribution in [3.63, 3.8) is 0 Å². The number of para-hydroxylation sites is 3. The average Bonchev–Trinajstić information content (AvgIpc) is 4.00. The smallest absolute Gasteiger partial charge is 0.137 e. The number of anilines is 4. The van der Waals surface area contributed by atoms with Crippen LogP contribution in [-0.4, -0.2) is 16.2 Å². The van der Waals surface area contributed by atoms with Crippen LogP contribution < -0.4 is 14.5 Å². The highest BCUT2D eigenvalue weighted by atomic mass is 16.5. The van der Waals surface area contributed by atoms with Crippen LogP contribution in [0.25, 0.3) is 72.1 Å². The van der Waals surface area contributed by atoms with Crippen molar-refractivity contribution in [1.29, 1.82) is 0 Å². The van der Waals surface area contributed by atoms with Gasteiger partial charge in [0.25, 0.3) is 0 Å². The van der Waals surface area contributed by atoms with Crippen molar-refractivity contribution in [2.75, 3.05) is 16.5 Å². The lowest BCUT2D eigenvalue weighted by atomic mass is 9.85. The Hall–Kier alpha value is -8.67. The lowest BCUT2D eigenvalue weighted by molar-refractivity contribution is 0.483. The zero-order valence-corrected chi connectivity index (χ0v) is 42.8. The van der Waals surface area contributed by atoms with Crippen molar-refractivity contribution in [2.24, 2.45) is 0 Å². The molecule has 2 aromatic heterocycles. The van der Waals surface area contributed by atoms with Crippen molar-refractivity contribution in [3.05, 3.63) is 241 Å². The van der Waals surface area contributed by atoms with E-state index >= 15 is 0 Å². The molecule has 0 bridgehead atoms. The quantitative estimate of drug-likeness (QED) is 0.144. The van der Waals surface area contributed by atoms with Crippen molar-refractivity contribution in [1.82, 2.24) is 9.55 Å². The minimum Gasteiger partial charge on any atom is -0.457 e. The molecule has 5 nitrogen and oxygen atoms in total. The van der Waals surface area contributed by atoms with Crippen LogP contribution in [0.1, 0.15) is 62.3 Å². The van der Waals surface area contributed by atoms with Crippen LogP contribution in [0.3, 0.4) is 0 Å². The van der Waals surface area contributed by atoms with Gasteiger partial charge in [-0.1, -0.05) is 187 Å². The molecule has 9 aromatic carbocycles. The second-order valence-corrected chi connectivity index (χ2v) is 21.5. The van der Waals surface area contributed by atoms with Crippen molar-refractivity contribution >= 4 is 44.6 Å². The first kappa shape index (κ1) is 43.0. The number of fused-ring (bicyclic) bond motifs is 4. The Morgan fingerprint density at radius 3 is 1.78 bits per heavy atom. The molecule has 0 amide bonds. The summed E-state index contributed by atoms with van der Waals surface area (Å²) in [6, 6.07) is 76.3. The van der Waals surface area contributed by atoms with E-state index < -0.39 is 6.85 Å². The first-order chi connectivity index (χ1) is 37.1. The molecule has 0 saturated carbocycles. The van der Waals surface area contributed by atoms with E-state index in [1.165, 1.54) is 22.3 Å². The minimum absolute atomic E-state index is 0.0255. The molecule has 0 N–H and O–H groups in total. The number of ether oxygens (including phenoxy) is 1. The number of aromatic nitrogens is 2. The maximum Gasteiger partial charge on any atom is 0.137 e. The van der Waals surface area contributed by atoms with Crippen LogP contribution >= 0.6 is 0 Å². The van der Waals surface area contributed by atoms with E-state index in [2.05, 4.69) is 220 Å². The van der Waals surface area contributed by atoms with Gasteiger partial charge in [-0.05, 0) is 123 Å². The molecule has 11 aromatic rings. The third-order valence-electron chi connectivity index (χ3n) is 14.6. The van der Waals surface area contributed by atoms with Gasteiger partial charge in [-0.15, -0.1) is 0 Å². The van der Waals surface area contributed by atoms with Crippen LogP contribution in [0.15, 0.2) is 225 Å². The van der Waals surface area contributed by atoms with Crippen molar-refractivity contribution in [2.45, 2.75) is 59.2 Å². The molecule has 5 heteroatoms. The monoisotopic (exact) mass is 963 g/mol. The highest BCUT2D eigenvalue weighted by molar-refractivity contribution is 6.10. The highest BCUT2D eigenvalue weighted by Crippen LogP contribution is 2.51. The molecule has 0 aliphatic carbocycles. The molecular weight excluding hydrogens is 901 g/mol. The van der Waals surface area contributed by atoms with Gasteiger partial charge >= 0.3 is 0 Å². The van der Waals surface area contributed by atoms with E-state index in [0.29, 0.717) is 29.5 Å². The zero-order chi connectivity index (χ0) is 53.2. The van der Waals surface area contributed by atoms with Gasteiger partial charge in [0.05, 0.1) is 28.1 Å². The number of rotatable bonds is 9. The van der Waals surface area contributed by atoms with E-state index in [-0.39, 0.29) is 16.4 Å². The summed E-state index contributed by atoms with van der Waals surface area (Å²) in [5.41, 5.74) is 17.1. The highest BCUT2D eigenvalue weighted by Gasteiger charge is 2.32. The molecule has 3 heterocycles. The van der Waals surface area contributed by atoms with Gasteiger partial charge < -0.3 is 14.5 Å². The summed E-state index contributed by atoms with van der Waals surface area (Å²) >= 11 is 0. The molecular formula is C69H60N4O. The summed E-state index contributed by atoms with van der Waals surface area (Å²) in [5, 5.41) is 2.07. The Balaban J connectivity index is 0.940. The van der Waals surface area contributed by atoms with E-state index in [9.17, 15) is 0 Å². The summed E-state index contributed by atoms with van der Waals surface area (Å²) in [6.45, 7) is 11.6. The fraction of sp³-hybridized carbons (Fsp3) is 0.145. The van der Waals surface area contributed by atoms with E-state index in [1.54, 1.807) is 12.3 Å². The van der Waals surface area contributed by atoms with Crippen LogP contribution in [0.4, 0.5) is 22.7 Å². The molecule has 0 radical (unpaired) electrons. The fourth-order valence-electron chi connectivity index (χ4n) is 10.6. The zero-order valence-electron chi connectivity index (χ0n) is 45.8. The molecule has 12 rings (SSSR count). The SMILES string of the molecule is [2H]C([2H])([2H])c1cc(-n2c3ccc(C(C)(C)C)cc3c3ccc(Oc4cccc(N5CN(c6c(-c7ccc(C(C)(C)C)cc7)cccc6-c6cccc(-c7ccccc7)c6)c6ccccc65)c4)cc32)ncc1-c1ccccc1. The Kier molecular flexibility index (Phi) is 10.7. The van der Waals surface area contributed by atoms with Crippen LogP contribution in [0.5, 0.6) is 11.5 Å². The van der Waals surface area contributed by atoms with E-state index in [4.69, 9.17) is 13.8 Å². The summed E-state index contributed by atoms with van der Waals surface area (Å²) in [6.07, 6.45) is 1.70. The second kappa shape index (κ2) is 18.4. The molecule has 1 aliphatic heterocycles. The van der Waals surface area contributed by atoms with Crippen LogP contribution in [-0.2, 0) is 10.8 Å². The van der Waals surface area contributed by atoms with Gasteiger partial charge in [-0.3, -0.25) is 4.57 Å². The van der Waals surface area contributed by atoms with Crippen molar-refractivity contribution < 1.29 is 8.85 Å². The number of hydrogen-bond acceptors (Lipinski definition) is 4. The Morgan fingerprint density at radius 1 is 0.446 bits per heavy atom. The Bertz CT molecular complexity index is 4000. The second-order valence-electron chi connectivity index (χ2n) is 21.5. The predicted molar refractivity (Wildman–Crippen MR) is 311 cm³/mol. The van der Waals surface area contributed by atoms with Gasteiger partial charge in [0.1, 0.15) is 24.0 Å². The third kappa shape index (κ3) is 8.58. The molecule has 0 saturated heterocycles. The maximum atomic E-state index is 8.66. The van der Waals surface area contributed by atoms with Gasteiger partial charge in [0, 0.05) is 55.6 Å². The normalized spacial score (nSPS) is 13.5. The number of pyridine rings is 1. The molecule has 0 spiro atoms. The standard InChI is InChI=1S/C69H60N4O/c1-46-39-66(70-44-61(46)48-21-12-9-13-22-48)73-62-38-35-53(69(5,6)7)41-60(62)59-37-36-56(43-65(59)73)74-55-26-17-25-54(42-55)71-45-72(64-30-15-14-29-63(64)71)67-57(49-31-33-52(34-32-49)68(2,3)4)27-18-28-58(67)51-24-16-23-50(40-51)47-19-10-8-11-20-47/h8-44H,45H2,1-7H3/i1D3. The summed E-state index contributed by atoms with van der Waals surface area (Å²) in [4.78, 5) is 9.83. The first-order valence-electron chi connectivity index (χ1n) is 27.0. The molecule has 74 heavy (non-hydrogen) atoms. The number of benzene rings is 9. The average molecular weight is 964 g/mol. The van der Waals surface area contributed by atoms with Gasteiger partial charge in [0.15, 0.2) is 0 Å². The van der Waals surface area contributed by atoms with Gasteiger partial charge in [0.2, 0.25) is 0 Å². The van der Waals surface area contributed by atoms with Gasteiger partial charge in [-0.2, -0.15) is 0 Å². The predicted octanol–water partition coefficient (Wildman–Crippen LogP) is 18.8. The fourth-order valence-corrected chi connectivity index (χ4v) is 10.6. The van der Waals surface area contributed by atoms with Crippen LogP contribution in [0, 0.1) is 6.85 Å². The van der Waals surface area contributed by atoms with E-state index in [0.717, 1.165) is 72.4 Å². The Labute approximate surface area is 439 Å². The summed E-state index contributed by atoms with van der Waals surface area (Å²) in [7, 11) is 0. The number of nitrogens with zero attached hydrogens (tertiary/aromatic N) is 4. The minimum atomic E-state index is -2.38. The molecule has 1 aliphatic rings. The first-order valence-corrected chi connectivity index (χ1v) is 25.5. The third-order valence-corrected chi connectivity index (χ3v) is 14.6. The number of aryl methyl sites for hydroxylation is 1. The van der Waals surface area contributed by atoms with Crippen LogP contribution in [0.2, 0.25) is 0 Å². The van der Waals surface area contributed by atoms with Crippen molar-refractivity contribution in [3.8, 4) is 61.8 Å². The topological polar surface area (TPSA) is 33.5 Å². The molecule has 0 fully saturated rings.